The summed E-state index contributed by atoms with van der Waals surface area (Å²) in [5, 5.41) is 1.02. The van der Waals surface area contributed by atoms with Gasteiger partial charge < -0.3 is 9.88 Å². The van der Waals surface area contributed by atoms with Crippen LogP contribution in [0.2, 0.25) is 0 Å². The maximum Gasteiger partial charge on any atom is 0.214 e. The lowest BCUT2D eigenvalue weighted by Crippen LogP contribution is -2.29. The van der Waals surface area contributed by atoms with Crippen LogP contribution in [-0.4, -0.2) is 23.1 Å². The molecule has 0 saturated carbocycles. The highest BCUT2D eigenvalue weighted by atomic mass is 19.1. The molecule has 1 aliphatic heterocycles. The summed E-state index contributed by atoms with van der Waals surface area (Å²) in [6, 6.07) is 9.62. The fourth-order valence-electron chi connectivity index (χ4n) is 3.06. The number of hydrogen-bond acceptors (Lipinski definition) is 2. The van der Waals surface area contributed by atoms with Crippen molar-refractivity contribution in [2.24, 2.45) is 0 Å². The van der Waals surface area contributed by atoms with E-state index in [1.165, 1.54) is 23.8 Å². The molecule has 0 radical (unpaired) electrons. The second kappa shape index (κ2) is 5.50. The van der Waals surface area contributed by atoms with Crippen LogP contribution in [-0.2, 0) is 0 Å². The van der Waals surface area contributed by atoms with Gasteiger partial charge in [0.2, 0.25) is 5.95 Å². The van der Waals surface area contributed by atoms with E-state index in [-0.39, 0.29) is 5.82 Å². The van der Waals surface area contributed by atoms with Crippen LogP contribution in [0.3, 0.4) is 0 Å². The molecule has 2 aromatic heterocycles. The maximum absolute atomic E-state index is 13.3. The van der Waals surface area contributed by atoms with Crippen molar-refractivity contribution in [1.29, 1.82) is 0 Å². The van der Waals surface area contributed by atoms with Crippen LogP contribution in [0.4, 0.5) is 14.6 Å². The zero-order valence-corrected chi connectivity index (χ0v) is 12.4. The summed E-state index contributed by atoms with van der Waals surface area (Å²) in [6.45, 7) is 1.45. The van der Waals surface area contributed by atoms with Crippen molar-refractivity contribution in [3.05, 3.63) is 66.0 Å². The Kier molecular flexibility index (Phi) is 3.33. The third kappa shape index (κ3) is 2.59. The first-order chi connectivity index (χ1) is 11.2. The summed E-state index contributed by atoms with van der Waals surface area (Å²) < 4.78 is 26.5. The molecule has 0 atom stereocenters. The Morgan fingerprint density at radius 2 is 2.04 bits per heavy atom. The van der Waals surface area contributed by atoms with Gasteiger partial charge in [-0.3, -0.25) is 0 Å². The number of aromatic nitrogens is 2. The highest BCUT2D eigenvalue weighted by Crippen LogP contribution is 2.30. The number of nitrogens with one attached hydrogen (secondary N) is 1. The fraction of sp³-hybridized carbons (Fsp3) is 0.167. The van der Waals surface area contributed by atoms with E-state index < -0.39 is 5.95 Å². The number of aromatic amines is 1. The van der Waals surface area contributed by atoms with E-state index in [4.69, 9.17) is 0 Å². The third-order valence-corrected chi connectivity index (χ3v) is 4.22. The predicted molar refractivity (Wildman–Crippen MR) is 87.3 cm³/mol. The van der Waals surface area contributed by atoms with Gasteiger partial charge in [-0.2, -0.15) is 4.39 Å². The number of anilines is 1. The standard InChI is InChI=1S/C18H15F2N3/c19-13-4-5-14-15(11-21-16(14)10-13)12-6-8-23(9-7-12)18-3-1-2-17(20)22-18/h1-6,10-11,21H,7-9H2. The molecule has 5 heteroatoms. The van der Waals surface area contributed by atoms with Crippen molar-refractivity contribution in [2.75, 3.05) is 18.0 Å². The number of fused-ring (bicyclic) bond motifs is 1. The first kappa shape index (κ1) is 13.9. The molecule has 3 heterocycles. The average molecular weight is 311 g/mol. The number of rotatable bonds is 2. The monoisotopic (exact) mass is 311 g/mol. The van der Waals surface area contributed by atoms with Crippen LogP contribution in [0.25, 0.3) is 16.5 Å². The molecule has 0 amide bonds. The minimum absolute atomic E-state index is 0.244. The molecule has 0 spiro atoms. The Bertz CT molecular complexity index is 898. The molecule has 3 nitrogen and oxygen atoms in total. The fourth-order valence-corrected chi connectivity index (χ4v) is 3.06. The lowest BCUT2D eigenvalue weighted by Gasteiger charge is -2.27. The van der Waals surface area contributed by atoms with Crippen LogP contribution in [0, 0.1) is 11.8 Å². The van der Waals surface area contributed by atoms with Crippen LogP contribution in [0.5, 0.6) is 0 Å². The molecule has 0 aliphatic carbocycles. The van der Waals surface area contributed by atoms with E-state index in [1.54, 1.807) is 12.1 Å². The molecule has 1 aliphatic rings. The van der Waals surface area contributed by atoms with Crippen molar-refractivity contribution >= 4 is 22.3 Å². The minimum atomic E-state index is -0.462. The summed E-state index contributed by atoms with van der Waals surface area (Å²) in [4.78, 5) is 9.09. The van der Waals surface area contributed by atoms with Crippen molar-refractivity contribution < 1.29 is 8.78 Å². The Balaban J connectivity index is 1.62. The molecule has 4 rings (SSSR count). The van der Waals surface area contributed by atoms with Crippen molar-refractivity contribution in [3.8, 4) is 0 Å². The second-order valence-electron chi connectivity index (χ2n) is 5.64. The van der Waals surface area contributed by atoms with E-state index in [0.717, 1.165) is 29.4 Å². The molecule has 0 saturated heterocycles. The van der Waals surface area contributed by atoms with E-state index in [9.17, 15) is 8.78 Å². The highest BCUT2D eigenvalue weighted by molar-refractivity contribution is 5.93. The zero-order chi connectivity index (χ0) is 15.8. The molecular weight excluding hydrogens is 296 g/mol. The SMILES string of the molecule is Fc1ccc2c(C3=CCN(c4cccc(F)n4)CC3)c[nH]c2c1. The Hall–Kier alpha value is -2.69. The summed E-state index contributed by atoms with van der Waals surface area (Å²) in [5.41, 5.74) is 3.12. The van der Waals surface area contributed by atoms with Crippen LogP contribution >= 0.6 is 0 Å². The van der Waals surface area contributed by atoms with Gasteiger partial charge >= 0.3 is 0 Å². The normalized spacial score (nSPS) is 15.0. The van der Waals surface area contributed by atoms with Gasteiger partial charge in [-0.25, -0.2) is 9.37 Å². The van der Waals surface area contributed by atoms with Gasteiger partial charge in [0.15, 0.2) is 0 Å². The van der Waals surface area contributed by atoms with Crippen molar-refractivity contribution in [3.63, 3.8) is 0 Å². The summed E-state index contributed by atoms with van der Waals surface area (Å²) >= 11 is 0. The van der Waals surface area contributed by atoms with Gasteiger partial charge in [-0.15, -0.1) is 0 Å². The predicted octanol–water partition coefficient (Wildman–Crippen LogP) is 4.13. The molecular formula is C18H15F2N3. The number of benzene rings is 1. The largest absolute Gasteiger partial charge is 0.360 e. The first-order valence-corrected chi connectivity index (χ1v) is 7.54. The number of pyridine rings is 1. The topological polar surface area (TPSA) is 31.9 Å². The molecule has 1 aromatic carbocycles. The second-order valence-corrected chi connectivity index (χ2v) is 5.64. The van der Waals surface area contributed by atoms with Crippen LogP contribution < -0.4 is 4.90 Å². The Labute approximate surface area is 132 Å². The summed E-state index contributed by atoms with van der Waals surface area (Å²) in [7, 11) is 0. The highest BCUT2D eigenvalue weighted by Gasteiger charge is 2.17. The number of nitrogens with zero attached hydrogens (tertiary/aromatic N) is 2. The van der Waals surface area contributed by atoms with E-state index in [1.807, 2.05) is 17.2 Å². The average Bonchev–Trinajstić information content (AvgIpc) is 2.98. The van der Waals surface area contributed by atoms with Gasteiger partial charge in [0.25, 0.3) is 0 Å². The smallest absolute Gasteiger partial charge is 0.214 e. The van der Waals surface area contributed by atoms with E-state index in [0.29, 0.717) is 12.4 Å². The zero-order valence-electron chi connectivity index (χ0n) is 12.4. The van der Waals surface area contributed by atoms with Gasteiger partial charge in [0.05, 0.1) is 0 Å². The lowest BCUT2D eigenvalue weighted by atomic mass is 9.99. The number of halogens is 2. The van der Waals surface area contributed by atoms with Crippen molar-refractivity contribution in [1.82, 2.24) is 9.97 Å². The quantitative estimate of drug-likeness (QED) is 0.722. The summed E-state index contributed by atoms with van der Waals surface area (Å²) in [5.74, 6) is -0.0518. The van der Waals surface area contributed by atoms with Crippen LogP contribution in [0.15, 0.2) is 48.7 Å². The minimum Gasteiger partial charge on any atom is -0.360 e. The Morgan fingerprint density at radius 1 is 1.13 bits per heavy atom. The molecule has 0 fully saturated rings. The third-order valence-electron chi connectivity index (χ3n) is 4.22. The van der Waals surface area contributed by atoms with Crippen molar-refractivity contribution in [2.45, 2.75) is 6.42 Å². The Morgan fingerprint density at radius 3 is 2.83 bits per heavy atom. The van der Waals surface area contributed by atoms with E-state index in [2.05, 4.69) is 16.0 Å². The molecule has 116 valence electrons. The molecule has 0 bridgehead atoms. The molecule has 0 unspecified atom stereocenters. The molecule has 23 heavy (non-hydrogen) atoms. The summed E-state index contributed by atoms with van der Waals surface area (Å²) in [6.07, 6.45) is 4.89. The van der Waals surface area contributed by atoms with Gasteiger partial charge in [-0.1, -0.05) is 12.1 Å². The van der Waals surface area contributed by atoms with E-state index >= 15 is 0 Å². The number of hydrogen-bond donors (Lipinski definition) is 1. The van der Waals surface area contributed by atoms with Gasteiger partial charge in [-0.05, 0) is 42.3 Å². The van der Waals surface area contributed by atoms with Gasteiger partial charge in [0.1, 0.15) is 11.6 Å². The first-order valence-electron chi connectivity index (χ1n) is 7.54. The maximum atomic E-state index is 13.3. The van der Waals surface area contributed by atoms with Crippen LogP contribution in [0.1, 0.15) is 12.0 Å². The molecule has 3 aromatic rings. The molecule has 1 N–H and O–H groups in total. The number of H-pyrrole nitrogens is 1. The van der Waals surface area contributed by atoms with Gasteiger partial charge in [0, 0.05) is 35.8 Å². The lowest BCUT2D eigenvalue weighted by molar-refractivity contribution is 0.581.